The van der Waals surface area contributed by atoms with E-state index in [0.29, 0.717) is 0 Å². The molecule has 18 heavy (non-hydrogen) atoms. The van der Waals surface area contributed by atoms with Gasteiger partial charge in [0.2, 0.25) is 0 Å². The molecule has 1 heterocycles. The summed E-state index contributed by atoms with van der Waals surface area (Å²) in [5.74, 6) is 3.04. The number of nitrogens with zero attached hydrogens (tertiary/aromatic N) is 1. The largest absolute Gasteiger partial charge is 0.468 e. The van der Waals surface area contributed by atoms with Crippen LogP contribution in [0.4, 0.5) is 0 Å². The Hall–Kier alpha value is -0.830. The monoisotopic (exact) mass is 249 g/mol. The predicted octanol–water partition coefficient (Wildman–Crippen LogP) is 2.08. The third-order valence-electron chi connectivity index (χ3n) is 5.28. The van der Waals surface area contributed by atoms with Gasteiger partial charge in [0.15, 0.2) is 0 Å². The molecule has 2 bridgehead atoms. The van der Waals surface area contributed by atoms with Crippen LogP contribution in [0.5, 0.6) is 0 Å². The maximum atomic E-state index is 11.8. The molecule has 4 aliphatic rings. The van der Waals surface area contributed by atoms with Crippen molar-refractivity contribution in [1.82, 2.24) is 4.90 Å². The van der Waals surface area contributed by atoms with Gasteiger partial charge >= 0.3 is 5.97 Å². The lowest BCUT2D eigenvalue weighted by Gasteiger charge is -2.40. The highest BCUT2D eigenvalue weighted by Crippen LogP contribution is 2.48. The number of likely N-dealkylation sites (tertiary alicyclic amines) is 1. The maximum Gasteiger partial charge on any atom is 0.323 e. The number of methoxy groups -OCH3 is 1. The molecule has 1 saturated heterocycles. The van der Waals surface area contributed by atoms with Gasteiger partial charge in [-0.3, -0.25) is 9.69 Å². The van der Waals surface area contributed by atoms with Crippen LogP contribution in [0.15, 0.2) is 12.2 Å². The van der Waals surface area contributed by atoms with Crippen LogP contribution in [0.2, 0.25) is 0 Å². The van der Waals surface area contributed by atoms with E-state index in [-0.39, 0.29) is 12.0 Å². The smallest absolute Gasteiger partial charge is 0.323 e. The van der Waals surface area contributed by atoms with E-state index in [0.717, 1.165) is 43.2 Å². The van der Waals surface area contributed by atoms with E-state index < -0.39 is 0 Å². The molecular formula is C15H23NO2. The molecule has 1 saturated carbocycles. The number of allylic oxidation sites excluding steroid dienone is 2. The fourth-order valence-corrected chi connectivity index (χ4v) is 4.33. The Morgan fingerprint density at radius 1 is 1.28 bits per heavy atom. The average molecular weight is 249 g/mol. The molecule has 0 aromatic carbocycles. The van der Waals surface area contributed by atoms with Gasteiger partial charge in [0.25, 0.3) is 0 Å². The Kier molecular flexibility index (Phi) is 3.18. The Morgan fingerprint density at radius 3 is 2.22 bits per heavy atom. The standard InChI is InChI=1S/C15H23NO2/c1-3-14(15(17)18-2)16-8-12-10-4-5-11(7-6-10)13(12)9-16/h4-5,10-14H,3,6-9H2,1-2H3. The lowest BCUT2D eigenvalue weighted by atomic mass is 9.64. The quantitative estimate of drug-likeness (QED) is 0.566. The van der Waals surface area contributed by atoms with Crippen molar-refractivity contribution in [2.24, 2.45) is 23.7 Å². The van der Waals surface area contributed by atoms with E-state index in [1.807, 2.05) is 0 Å². The summed E-state index contributed by atoms with van der Waals surface area (Å²) in [5, 5.41) is 0. The van der Waals surface area contributed by atoms with E-state index in [1.165, 1.54) is 20.0 Å². The first-order chi connectivity index (χ1) is 8.74. The van der Waals surface area contributed by atoms with Crippen molar-refractivity contribution in [1.29, 1.82) is 0 Å². The number of ether oxygens (including phenoxy) is 1. The first-order valence-corrected chi connectivity index (χ1v) is 7.24. The maximum absolute atomic E-state index is 11.8. The second kappa shape index (κ2) is 4.69. The van der Waals surface area contributed by atoms with Crippen molar-refractivity contribution in [3.05, 3.63) is 12.2 Å². The zero-order valence-electron chi connectivity index (χ0n) is 11.3. The van der Waals surface area contributed by atoms with Crippen molar-refractivity contribution in [2.45, 2.75) is 32.2 Å². The van der Waals surface area contributed by atoms with Crippen LogP contribution >= 0.6 is 0 Å². The summed E-state index contributed by atoms with van der Waals surface area (Å²) in [6.45, 7) is 4.25. The van der Waals surface area contributed by atoms with Gasteiger partial charge in [0, 0.05) is 13.1 Å². The molecule has 0 spiro atoms. The molecule has 1 aliphatic heterocycles. The van der Waals surface area contributed by atoms with Crippen LogP contribution in [0.1, 0.15) is 26.2 Å². The number of fused-ring (bicyclic) bond motifs is 1. The molecule has 0 aromatic rings. The number of esters is 1. The van der Waals surface area contributed by atoms with Crippen molar-refractivity contribution >= 4 is 5.97 Å². The van der Waals surface area contributed by atoms with Gasteiger partial charge < -0.3 is 4.74 Å². The Morgan fingerprint density at radius 2 is 1.83 bits per heavy atom. The van der Waals surface area contributed by atoms with Crippen molar-refractivity contribution in [3.63, 3.8) is 0 Å². The highest BCUT2D eigenvalue weighted by atomic mass is 16.5. The molecule has 0 radical (unpaired) electrons. The molecule has 100 valence electrons. The first kappa shape index (κ1) is 12.2. The van der Waals surface area contributed by atoms with Crippen molar-refractivity contribution in [3.8, 4) is 0 Å². The van der Waals surface area contributed by atoms with E-state index in [2.05, 4.69) is 24.0 Å². The highest BCUT2D eigenvalue weighted by molar-refractivity contribution is 5.75. The molecule has 2 fully saturated rings. The van der Waals surface area contributed by atoms with Crippen LogP contribution in [0, 0.1) is 23.7 Å². The second-order valence-corrected chi connectivity index (χ2v) is 6.02. The highest BCUT2D eigenvalue weighted by Gasteiger charge is 2.47. The lowest BCUT2D eigenvalue weighted by Crippen LogP contribution is -2.40. The SMILES string of the molecule is CCC(C(=O)OC)N1CC2C3C=CC(CC3)C2C1. The van der Waals surface area contributed by atoms with E-state index in [4.69, 9.17) is 4.74 Å². The van der Waals surface area contributed by atoms with Crippen LogP contribution < -0.4 is 0 Å². The van der Waals surface area contributed by atoms with Gasteiger partial charge in [-0.15, -0.1) is 0 Å². The zero-order chi connectivity index (χ0) is 12.7. The molecule has 5 unspecified atom stereocenters. The van der Waals surface area contributed by atoms with E-state index >= 15 is 0 Å². The average Bonchev–Trinajstić information content (AvgIpc) is 2.87. The van der Waals surface area contributed by atoms with Crippen LogP contribution in [0.25, 0.3) is 0 Å². The normalized spacial score (nSPS) is 39.7. The third-order valence-corrected chi connectivity index (χ3v) is 5.28. The molecule has 0 aromatic heterocycles. The molecule has 3 nitrogen and oxygen atoms in total. The molecule has 3 aliphatic carbocycles. The van der Waals surface area contributed by atoms with Gasteiger partial charge in [-0.25, -0.2) is 0 Å². The molecule has 0 N–H and O–H groups in total. The molecule has 3 heteroatoms. The Balaban J connectivity index is 1.74. The first-order valence-electron chi connectivity index (χ1n) is 7.24. The number of carbonyl (C=O) groups is 1. The predicted molar refractivity (Wildman–Crippen MR) is 70.0 cm³/mol. The summed E-state index contributed by atoms with van der Waals surface area (Å²) in [7, 11) is 1.50. The van der Waals surface area contributed by atoms with Gasteiger partial charge in [-0.2, -0.15) is 0 Å². The van der Waals surface area contributed by atoms with Crippen molar-refractivity contribution < 1.29 is 9.53 Å². The second-order valence-electron chi connectivity index (χ2n) is 6.02. The topological polar surface area (TPSA) is 29.5 Å². The minimum atomic E-state index is -0.0588. The summed E-state index contributed by atoms with van der Waals surface area (Å²) in [6.07, 6.45) is 8.42. The lowest BCUT2D eigenvalue weighted by molar-refractivity contribution is -0.146. The number of rotatable bonds is 3. The molecular weight excluding hydrogens is 226 g/mol. The summed E-state index contributed by atoms with van der Waals surface area (Å²) >= 11 is 0. The summed E-state index contributed by atoms with van der Waals surface area (Å²) in [5.41, 5.74) is 0. The Labute approximate surface area is 109 Å². The molecule has 4 rings (SSSR count). The van der Waals surface area contributed by atoms with Crippen molar-refractivity contribution in [2.75, 3.05) is 20.2 Å². The van der Waals surface area contributed by atoms with Gasteiger partial charge in [-0.05, 0) is 42.9 Å². The van der Waals surface area contributed by atoms with E-state index in [9.17, 15) is 4.79 Å². The zero-order valence-corrected chi connectivity index (χ0v) is 11.3. The fourth-order valence-electron chi connectivity index (χ4n) is 4.33. The summed E-state index contributed by atoms with van der Waals surface area (Å²) < 4.78 is 4.94. The minimum Gasteiger partial charge on any atom is -0.468 e. The van der Waals surface area contributed by atoms with Crippen LogP contribution in [-0.2, 0) is 9.53 Å². The van der Waals surface area contributed by atoms with Crippen LogP contribution in [-0.4, -0.2) is 37.1 Å². The van der Waals surface area contributed by atoms with Crippen LogP contribution in [0.3, 0.4) is 0 Å². The fraction of sp³-hybridized carbons (Fsp3) is 0.800. The number of hydrogen-bond donors (Lipinski definition) is 0. The molecule has 5 atom stereocenters. The number of hydrogen-bond acceptors (Lipinski definition) is 3. The third kappa shape index (κ3) is 1.80. The van der Waals surface area contributed by atoms with Gasteiger partial charge in [0.1, 0.15) is 6.04 Å². The molecule has 0 amide bonds. The minimum absolute atomic E-state index is 0.0278. The van der Waals surface area contributed by atoms with Gasteiger partial charge in [0.05, 0.1) is 7.11 Å². The summed E-state index contributed by atoms with van der Waals surface area (Å²) in [6, 6.07) is -0.0278. The Bertz CT molecular complexity index is 344. The van der Waals surface area contributed by atoms with E-state index in [1.54, 1.807) is 0 Å². The number of carbonyl (C=O) groups excluding carboxylic acids is 1. The van der Waals surface area contributed by atoms with Gasteiger partial charge in [-0.1, -0.05) is 19.1 Å². The summed E-state index contributed by atoms with van der Waals surface area (Å²) in [4.78, 5) is 14.2.